The number of amides is 1. The fraction of sp³-hybridized carbons (Fsp3) is 0.333. The summed E-state index contributed by atoms with van der Waals surface area (Å²) in [6.45, 7) is 5.76. The van der Waals surface area contributed by atoms with Crippen LogP contribution in [-0.4, -0.2) is 33.3 Å². The van der Waals surface area contributed by atoms with Gasteiger partial charge in [0, 0.05) is 25.1 Å². The van der Waals surface area contributed by atoms with Gasteiger partial charge in [0.05, 0.1) is 0 Å². The van der Waals surface area contributed by atoms with Crippen LogP contribution < -0.4 is 0 Å². The molecule has 1 heterocycles. The zero-order valence-electron chi connectivity index (χ0n) is 14.6. The summed E-state index contributed by atoms with van der Waals surface area (Å²) >= 11 is 0. The van der Waals surface area contributed by atoms with Gasteiger partial charge in [-0.25, -0.2) is 0 Å². The van der Waals surface area contributed by atoms with Gasteiger partial charge in [-0.3, -0.25) is 9.59 Å². The van der Waals surface area contributed by atoms with Gasteiger partial charge in [-0.1, -0.05) is 42.4 Å². The van der Waals surface area contributed by atoms with E-state index in [1.54, 1.807) is 12.1 Å². The lowest BCUT2D eigenvalue weighted by Crippen LogP contribution is -2.36. The Morgan fingerprint density at radius 1 is 1.26 bits per heavy atom. The summed E-state index contributed by atoms with van der Waals surface area (Å²) in [4.78, 5) is 28.7. The Labute approximate surface area is 153 Å². The van der Waals surface area contributed by atoms with E-state index in [1.165, 1.54) is 23.1 Å². The van der Waals surface area contributed by atoms with Crippen molar-refractivity contribution in [2.45, 2.75) is 32.5 Å². The molecule has 2 rings (SSSR count). The number of rotatable bonds is 8. The standard InChI is InChI=1S/C18H18F3N3O3/c1-3-5-14(25)16(26)24(10-4-2)11-12-6-8-13(9-7-12)15-22-17(27-23-15)18(19,20)21/h4,6-9H,2-3,5,10-11H2,1H3. The second kappa shape index (κ2) is 8.61. The Hall–Kier alpha value is -2.97. The molecule has 1 amide bonds. The summed E-state index contributed by atoms with van der Waals surface area (Å²) in [5, 5.41) is 3.32. The molecular weight excluding hydrogens is 363 g/mol. The van der Waals surface area contributed by atoms with Gasteiger partial charge in [0.2, 0.25) is 11.6 Å². The largest absolute Gasteiger partial charge is 0.471 e. The van der Waals surface area contributed by atoms with Crippen LogP contribution in [0.15, 0.2) is 41.4 Å². The molecule has 1 aromatic carbocycles. The van der Waals surface area contributed by atoms with E-state index in [9.17, 15) is 22.8 Å². The molecule has 0 atom stereocenters. The van der Waals surface area contributed by atoms with Crippen molar-refractivity contribution in [3.05, 3.63) is 48.4 Å². The Kier molecular flexibility index (Phi) is 6.49. The van der Waals surface area contributed by atoms with E-state index in [0.29, 0.717) is 17.5 Å². The van der Waals surface area contributed by atoms with Crippen LogP contribution in [0.5, 0.6) is 0 Å². The van der Waals surface area contributed by atoms with Crippen LogP contribution in [0.1, 0.15) is 31.2 Å². The highest BCUT2D eigenvalue weighted by Crippen LogP contribution is 2.29. The second-order valence-electron chi connectivity index (χ2n) is 5.77. The molecule has 6 nitrogen and oxygen atoms in total. The number of ketones is 1. The Morgan fingerprint density at radius 3 is 2.44 bits per heavy atom. The lowest BCUT2D eigenvalue weighted by molar-refractivity contribution is -0.159. The molecule has 0 spiro atoms. The molecule has 0 unspecified atom stereocenters. The zero-order valence-corrected chi connectivity index (χ0v) is 14.6. The summed E-state index contributed by atoms with van der Waals surface area (Å²) in [5.74, 6) is -2.67. The minimum atomic E-state index is -4.71. The molecule has 144 valence electrons. The summed E-state index contributed by atoms with van der Waals surface area (Å²) < 4.78 is 41.8. The van der Waals surface area contributed by atoms with Crippen LogP contribution in [-0.2, 0) is 22.3 Å². The third kappa shape index (κ3) is 5.25. The number of carbonyl (C=O) groups excluding carboxylic acids is 2. The lowest BCUT2D eigenvalue weighted by atomic mass is 10.1. The predicted octanol–water partition coefficient (Wildman–Crippen LogP) is 3.64. The van der Waals surface area contributed by atoms with E-state index in [4.69, 9.17) is 0 Å². The van der Waals surface area contributed by atoms with Crippen molar-refractivity contribution in [2.24, 2.45) is 0 Å². The lowest BCUT2D eigenvalue weighted by Gasteiger charge is -2.20. The molecule has 0 saturated carbocycles. The Balaban J connectivity index is 2.13. The Morgan fingerprint density at radius 2 is 1.93 bits per heavy atom. The first kappa shape index (κ1) is 20.3. The second-order valence-corrected chi connectivity index (χ2v) is 5.77. The van der Waals surface area contributed by atoms with Gasteiger partial charge in [-0.05, 0) is 12.0 Å². The van der Waals surface area contributed by atoms with Crippen molar-refractivity contribution in [1.82, 2.24) is 15.0 Å². The van der Waals surface area contributed by atoms with Crippen LogP contribution >= 0.6 is 0 Å². The molecule has 0 aliphatic heterocycles. The highest BCUT2D eigenvalue weighted by molar-refractivity contribution is 6.36. The van der Waals surface area contributed by atoms with Gasteiger partial charge >= 0.3 is 12.1 Å². The number of aromatic nitrogens is 2. The zero-order chi connectivity index (χ0) is 20.0. The van der Waals surface area contributed by atoms with Crippen molar-refractivity contribution in [3.8, 4) is 11.4 Å². The van der Waals surface area contributed by atoms with E-state index < -0.39 is 23.8 Å². The number of halogens is 3. The molecule has 0 fully saturated rings. The molecule has 0 bridgehead atoms. The monoisotopic (exact) mass is 381 g/mol. The molecule has 0 aliphatic carbocycles. The maximum atomic E-state index is 12.5. The van der Waals surface area contributed by atoms with Crippen LogP contribution in [0.25, 0.3) is 11.4 Å². The van der Waals surface area contributed by atoms with Crippen LogP contribution in [0.3, 0.4) is 0 Å². The number of alkyl halides is 3. The molecule has 9 heteroatoms. The van der Waals surface area contributed by atoms with Crippen LogP contribution in [0.2, 0.25) is 0 Å². The molecule has 0 radical (unpaired) electrons. The van der Waals surface area contributed by atoms with Gasteiger partial charge in [-0.15, -0.1) is 6.58 Å². The van der Waals surface area contributed by atoms with Gasteiger partial charge < -0.3 is 9.42 Å². The minimum Gasteiger partial charge on any atom is -0.329 e. The van der Waals surface area contributed by atoms with E-state index in [1.807, 2.05) is 6.92 Å². The molecule has 27 heavy (non-hydrogen) atoms. The van der Waals surface area contributed by atoms with Crippen molar-refractivity contribution in [3.63, 3.8) is 0 Å². The minimum absolute atomic E-state index is 0.167. The van der Waals surface area contributed by atoms with Gasteiger partial charge in [0.25, 0.3) is 5.91 Å². The number of Topliss-reactive ketones (excluding diaryl/α,β-unsaturated/α-hetero) is 1. The average Bonchev–Trinajstić information content (AvgIpc) is 3.12. The first-order chi connectivity index (χ1) is 12.8. The predicted molar refractivity (Wildman–Crippen MR) is 90.3 cm³/mol. The number of benzene rings is 1. The number of hydrogen-bond donors (Lipinski definition) is 0. The first-order valence-corrected chi connectivity index (χ1v) is 8.19. The first-order valence-electron chi connectivity index (χ1n) is 8.19. The molecule has 0 N–H and O–H groups in total. The van der Waals surface area contributed by atoms with E-state index >= 15 is 0 Å². The highest BCUT2D eigenvalue weighted by atomic mass is 19.4. The molecule has 0 saturated heterocycles. The maximum Gasteiger partial charge on any atom is 0.471 e. The van der Waals surface area contributed by atoms with E-state index in [2.05, 4.69) is 21.2 Å². The molecule has 1 aromatic heterocycles. The molecule has 2 aromatic rings. The quantitative estimate of drug-likeness (QED) is 0.515. The number of carbonyl (C=O) groups is 2. The van der Waals surface area contributed by atoms with Crippen molar-refractivity contribution in [2.75, 3.05) is 6.54 Å². The van der Waals surface area contributed by atoms with Crippen molar-refractivity contribution >= 4 is 11.7 Å². The van der Waals surface area contributed by atoms with E-state index in [0.717, 1.165) is 0 Å². The maximum absolute atomic E-state index is 12.5. The molecular formula is C18H18F3N3O3. The summed E-state index contributed by atoms with van der Waals surface area (Å²) in [7, 11) is 0. The van der Waals surface area contributed by atoms with Crippen molar-refractivity contribution < 1.29 is 27.3 Å². The summed E-state index contributed by atoms with van der Waals surface area (Å²) in [6.07, 6.45) is -2.44. The average molecular weight is 381 g/mol. The van der Waals surface area contributed by atoms with Gasteiger partial charge in [0.15, 0.2) is 0 Å². The van der Waals surface area contributed by atoms with Crippen molar-refractivity contribution in [1.29, 1.82) is 0 Å². The van der Waals surface area contributed by atoms with Crippen LogP contribution in [0, 0.1) is 0 Å². The fourth-order valence-electron chi connectivity index (χ4n) is 2.32. The summed E-state index contributed by atoms with van der Waals surface area (Å²) in [6, 6.07) is 6.27. The topological polar surface area (TPSA) is 76.3 Å². The van der Waals surface area contributed by atoms with Gasteiger partial charge in [-0.2, -0.15) is 18.2 Å². The van der Waals surface area contributed by atoms with Crippen LogP contribution in [0.4, 0.5) is 13.2 Å². The number of nitrogens with zero attached hydrogens (tertiary/aromatic N) is 3. The third-order valence-electron chi connectivity index (χ3n) is 3.61. The third-order valence-corrected chi connectivity index (χ3v) is 3.61. The SMILES string of the molecule is C=CCN(Cc1ccc(-c2noc(C(F)(F)F)n2)cc1)C(=O)C(=O)CCC. The summed E-state index contributed by atoms with van der Waals surface area (Å²) in [5.41, 5.74) is 1.03. The smallest absolute Gasteiger partial charge is 0.329 e. The molecule has 0 aliphatic rings. The van der Waals surface area contributed by atoms with Gasteiger partial charge in [0.1, 0.15) is 0 Å². The normalized spacial score (nSPS) is 11.3. The van der Waals surface area contributed by atoms with E-state index in [-0.39, 0.29) is 25.3 Å². The highest BCUT2D eigenvalue weighted by Gasteiger charge is 2.38. The Bertz CT molecular complexity index is 813. The number of hydrogen-bond acceptors (Lipinski definition) is 5. The fourth-order valence-corrected chi connectivity index (χ4v) is 2.32.